The third kappa shape index (κ3) is 3.37. The Balaban J connectivity index is 1.45. The molecule has 1 fully saturated rings. The van der Waals surface area contributed by atoms with Crippen LogP contribution in [-0.4, -0.2) is 45.3 Å². The number of nitrogens with zero attached hydrogens (tertiary/aromatic N) is 3. The van der Waals surface area contributed by atoms with E-state index in [2.05, 4.69) is 44.1 Å². The van der Waals surface area contributed by atoms with Crippen LogP contribution in [0.15, 0.2) is 36.8 Å². The molecule has 0 amide bonds. The number of aromatic amines is 2. The summed E-state index contributed by atoms with van der Waals surface area (Å²) in [6, 6.07) is 8.19. The van der Waals surface area contributed by atoms with E-state index in [0.717, 1.165) is 49.5 Å². The van der Waals surface area contributed by atoms with Crippen LogP contribution in [0.2, 0.25) is 0 Å². The van der Waals surface area contributed by atoms with Crippen molar-refractivity contribution in [3.63, 3.8) is 0 Å². The number of aromatic nitrogens is 4. The molecule has 3 aromatic rings. The fraction of sp³-hybridized carbons (Fsp3) is 0.400. The number of methoxy groups -OCH3 is 1. The SMILES string of the molecule is COc1cccc(-c2cn[nH]c2C2CCN(Cc3nc[nH]c3C)CC2)c1. The lowest BCUT2D eigenvalue weighted by atomic mass is 9.89. The summed E-state index contributed by atoms with van der Waals surface area (Å²) in [5.41, 5.74) is 5.91. The van der Waals surface area contributed by atoms with Gasteiger partial charge in [0, 0.05) is 29.4 Å². The largest absolute Gasteiger partial charge is 0.497 e. The Kier molecular flexibility index (Phi) is 4.75. The molecule has 1 aromatic carbocycles. The van der Waals surface area contributed by atoms with Gasteiger partial charge in [-0.15, -0.1) is 0 Å². The van der Waals surface area contributed by atoms with Gasteiger partial charge in [-0.2, -0.15) is 5.10 Å². The fourth-order valence-corrected chi connectivity index (χ4v) is 3.77. The van der Waals surface area contributed by atoms with Crippen molar-refractivity contribution >= 4 is 0 Å². The lowest BCUT2D eigenvalue weighted by Gasteiger charge is -2.31. The highest BCUT2D eigenvalue weighted by Gasteiger charge is 2.25. The molecule has 1 aliphatic rings. The third-order valence-electron chi connectivity index (χ3n) is 5.35. The van der Waals surface area contributed by atoms with E-state index in [4.69, 9.17) is 4.74 Å². The van der Waals surface area contributed by atoms with Gasteiger partial charge in [0.1, 0.15) is 5.75 Å². The summed E-state index contributed by atoms with van der Waals surface area (Å²) in [5.74, 6) is 1.38. The molecule has 2 N–H and O–H groups in total. The Bertz CT molecular complexity index is 860. The molecule has 26 heavy (non-hydrogen) atoms. The number of hydrogen-bond donors (Lipinski definition) is 2. The van der Waals surface area contributed by atoms with Gasteiger partial charge < -0.3 is 9.72 Å². The highest BCUT2D eigenvalue weighted by atomic mass is 16.5. The molecule has 1 saturated heterocycles. The van der Waals surface area contributed by atoms with Crippen LogP contribution in [0.25, 0.3) is 11.1 Å². The van der Waals surface area contributed by atoms with E-state index in [0.29, 0.717) is 5.92 Å². The zero-order valence-corrected chi connectivity index (χ0v) is 15.3. The second kappa shape index (κ2) is 7.33. The highest BCUT2D eigenvalue weighted by molar-refractivity contribution is 5.67. The summed E-state index contributed by atoms with van der Waals surface area (Å²) in [4.78, 5) is 10.1. The molecular formula is C20H25N5O. The Hall–Kier alpha value is -2.60. The summed E-state index contributed by atoms with van der Waals surface area (Å²) in [6.07, 6.45) is 5.97. The molecule has 4 rings (SSSR count). The molecule has 0 bridgehead atoms. The van der Waals surface area contributed by atoms with E-state index in [1.807, 2.05) is 18.3 Å². The number of nitrogens with one attached hydrogen (secondary N) is 2. The van der Waals surface area contributed by atoms with Crippen molar-refractivity contribution < 1.29 is 4.74 Å². The van der Waals surface area contributed by atoms with Crippen LogP contribution in [-0.2, 0) is 6.54 Å². The van der Waals surface area contributed by atoms with Crippen LogP contribution < -0.4 is 4.74 Å². The lowest BCUT2D eigenvalue weighted by Crippen LogP contribution is -2.33. The summed E-state index contributed by atoms with van der Waals surface area (Å²) < 4.78 is 5.37. The van der Waals surface area contributed by atoms with Crippen LogP contribution in [0.1, 0.15) is 35.8 Å². The molecule has 0 saturated carbocycles. The first-order chi connectivity index (χ1) is 12.7. The van der Waals surface area contributed by atoms with Crippen molar-refractivity contribution in [2.24, 2.45) is 0 Å². The highest BCUT2D eigenvalue weighted by Crippen LogP contribution is 2.35. The molecule has 0 radical (unpaired) electrons. The Morgan fingerprint density at radius 1 is 1.27 bits per heavy atom. The first-order valence-corrected chi connectivity index (χ1v) is 9.13. The number of aryl methyl sites for hydroxylation is 1. The van der Waals surface area contributed by atoms with Crippen molar-refractivity contribution in [3.8, 4) is 16.9 Å². The first kappa shape index (κ1) is 16.8. The zero-order chi connectivity index (χ0) is 17.9. The van der Waals surface area contributed by atoms with E-state index in [9.17, 15) is 0 Å². The summed E-state index contributed by atoms with van der Waals surface area (Å²) in [6.45, 7) is 5.16. The van der Waals surface area contributed by atoms with Crippen molar-refractivity contribution in [1.82, 2.24) is 25.1 Å². The van der Waals surface area contributed by atoms with Gasteiger partial charge in [0.2, 0.25) is 0 Å². The molecule has 3 heterocycles. The van der Waals surface area contributed by atoms with Crippen LogP contribution >= 0.6 is 0 Å². The average Bonchev–Trinajstić information content (AvgIpc) is 3.32. The predicted octanol–water partition coefficient (Wildman–Crippen LogP) is 3.50. The number of imidazole rings is 1. The number of ether oxygens (including phenoxy) is 1. The van der Waals surface area contributed by atoms with Crippen molar-refractivity contribution in [2.75, 3.05) is 20.2 Å². The number of benzene rings is 1. The van der Waals surface area contributed by atoms with Gasteiger partial charge in [-0.25, -0.2) is 4.98 Å². The quantitative estimate of drug-likeness (QED) is 0.738. The van der Waals surface area contributed by atoms with Gasteiger partial charge in [0.15, 0.2) is 0 Å². The third-order valence-corrected chi connectivity index (χ3v) is 5.35. The average molecular weight is 351 g/mol. The lowest BCUT2D eigenvalue weighted by molar-refractivity contribution is 0.201. The number of likely N-dealkylation sites (tertiary alicyclic amines) is 1. The van der Waals surface area contributed by atoms with Crippen LogP contribution in [0.4, 0.5) is 0 Å². The van der Waals surface area contributed by atoms with Gasteiger partial charge in [0.05, 0.1) is 25.3 Å². The van der Waals surface area contributed by atoms with Crippen molar-refractivity contribution in [3.05, 3.63) is 53.9 Å². The molecule has 0 unspecified atom stereocenters. The zero-order valence-electron chi connectivity index (χ0n) is 15.3. The minimum absolute atomic E-state index is 0.509. The Labute approximate surface area is 153 Å². The maximum Gasteiger partial charge on any atom is 0.119 e. The minimum atomic E-state index is 0.509. The van der Waals surface area contributed by atoms with Crippen molar-refractivity contribution in [1.29, 1.82) is 0 Å². The predicted molar refractivity (Wildman–Crippen MR) is 101 cm³/mol. The number of H-pyrrole nitrogens is 2. The van der Waals surface area contributed by atoms with Gasteiger partial charge in [-0.05, 0) is 50.6 Å². The number of piperidine rings is 1. The number of rotatable bonds is 5. The van der Waals surface area contributed by atoms with Crippen LogP contribution in [0.5, 0.6) is 5.75 Å². The minimum Gasteiger partial charge on any atom is -0.497 e. The van der Waals surface area contributed by atoms with Crippen LogP contribution in [0.3, 0.4) is 0 Å². The number of hydrogen-bond acceptors (Lipinski definition) is 4. The molecule has 1 aliphatic heterocycles. The molecule has 0 atom stereocenters. The van der Waals surface area contributed by atoms with E-state index in [-0.39, 0.29) is 0 Å². The topological polar surface area (TPSA) is 69.8 Å². The first-order valence-electron chi connectivity index (χ1n) is 9.13. The monoisotopic (exact) mass is 351 g/mol. The van der Waals surface area contributed by atoms with Gasteiger partial charge in [-0.1, -0.05) is 12.1 Å². The summed E-state index contributed by atoms with van der Waals surface area (Å²) in [7, 11) is 1.70. The second-order valence-electron chi connectivity index (χ2n) is 6.95. The van der Waals surface area contributed by atoms with Gasteiger partial charge >= 0.3 is 0 Å². The molecule has 2 aromatic heterocycles. The maximum atomic E-state index is 5.37. The molecule has 0 spiro atoms. The van der Waals surface area contributed by atoms with Crippen LogP contribution in [0, 0.1) is 6.92 Å². The summed E-state index contributed by atoms with van der Waals surface area (Å²) in [5, 5.41) is 7.58. The smallest absolute Gasteiger partial charge is 0.119 e. The molecule has 6 nitrogen and oxygen atoms in total. The molecule has 0 aliphatic carbocycles. The summed E-state index contributed by atoms with van der Waals surface area (Å²) >= 11 is 0. The van der Waals surface area contributed by atoms with E-state index in [1.165, 1.54) is 17.0 Å². The van der Waals surface area contributed by atoms with E-state index in [1.54, 1.807) is 13.4 Å². The van der Waals surface area contributed by atoms with E-state index >= 15 is 0 Å². The van der Waals surface area contributed by atoms with Gasteiger partial charge in [-0.3, -0.25) is 10.00 Å². The Morgan fingerprint density at radius 3 is 2.85 bits per heavy atom. The second-order valence-corrected chi connectivity index (χ2v) is 6.95. The van der Waals surface area contributed by atoms with Gasteiger partial charge in [0.25, 0.3) is 0 Å². The fourth-order valence-electron chi connectivity index (χ4n) is 3.77. The van der Waals surface area contributed by atoms with Crippen molar-refractivity contribution in [2.45, 2.75) is 32.2 Å². The van der Waals surface area contributed by atoms with E-state index < -0.39 is 0 Å². The normalized spacial score (nSPS) is 16.1. The standard InChI is InChI=1S/C20H25N5O/c1-14-19(22-13-21-14)12-25-8-6-15(7-9-25)20-18(11-23-24-20)16-4-3-5-17(10-16)26-2/h3-5,10-11,13,15H,6-9,12H2,1-2H3,(H,21,22)(H,23,24). The molecular weight excluding hydrogens is 326 g/mol. The molecule has 6 heteroatoms. The Morgan fingerprint density at radius 2 is 2.12 bits per heavy atom. The molecule has 136 valence electrons. The maximum absolute atomic E-state index is 5.37.